The fourth-order valence-electron chi connectivity index (χ4n) is 0.344. The Bertz CT molecular complexity index is 20.0. The molecule has 0 unspecified atom stereocenters. The van der Waals surface area contributed by atoms with Crippen LogP contribution < -0.4 is 0 Å². The molecule has 0 N–H and O–H groups in total. The molecule has 0 atom stereocenters. The van der Waals surface area contributed by atoms with Crippen LogP contribution in [0.4, 0.5) is 0 Å². The predicted octanol–water partition coefficient (Wildman–Crippen LogP) is 1.66. The molecule has 7 heavy (non-hydrogen) atoms. The van der Waals surface area contributed by atoms with Crippen LogP contribution in [0.15, 0.2) is 0 Å². The molecule has 0 aromatic rings. The van der Waals surface area contributed by atoms with Crippen LogP contribution in [0.1, 0.15) is 26.2 Å². The lowest BCUT2D eigenvalue weighted by atomic mass is 10.3. The molecule has 2 heteroatoms. The Hall–Kier alpha value is 1.25. The lowest BCUT2D eigenvalue weighted by Crippen LogP contribution is -1.70. The van der Waals surface area contributed by atoms with Gasteiger partial charge < -0.3 is 0 Å². The minimum Gasteiger partial charge on any atom is -0.0928 e. The van der Waals surface area contributed by atoms with Gasteiger partial charge in [-0.05, 0) is 6.42 Å². The molecule has 0 saturated heterocycles. The van der Waals surface area contributed by atoms with Crippen molar-refractivity contribution in [2.24, 2.45) is 0 Å². The first-order valence-electron chi connectivity index (χ1n) is 2.47. The highest BCUT2D eigenvalue weighted by molar-refractivity contribution is 9.09. The number of alkyl halides is 1. The minimum absolute atomic E-state index is 0. The average molecular weight is 177 g/mol. The molecule has 0 spiro atoms. The molecule has 0 rings (SSSR count). The van der Waals surface area contributed by atoms with E-state index in [2.05, 4.69) is 22.9 Å². The van der Waals surface area contributed by atoms with Gasteiger partial charge in [0, 0.05) is 5.33 Å². The Labute approximate surface area is 70.3 Å². The summed E-state index contributed by atoms with van der Waals surface area (Å²) in [7, 11) is 0. The smallest absolute Gasteiger partial charge is 0.0928 e. The first kappa shape index (κ1) is 11.1. The molecule has 0 aliphatic heterocycles. The van der Waals surface area contributed by atoms with Crippen molar-refractivity contribution in [1.29, 1.82) is 0 Å². The molecule has 0 aliphatic rings. The van der Waals surface area contributed by atoms with E-state index in [0.29, 0.717) is 0 Å². The number of halogens is 1. The highest BCUT2D eigenvalue weighted by Gasteiger charge is 1.76. The van der Waals surface area contributed by atoms with Crippen LogP contribution in [0.2, 0.25) is 0 Å². The third-order valence-electron chi connectivity index (χ3n) is 0.737. The topological polar surface area (TPSA) is 0 Å². The lowest BCUT2D eigenvalue weighted by molar-refractivity contribution is 0.781. The molecule has 0 radical (unpaired) electrons. The Kier molecular flexibility index (Phi) is 16.3. The van der Waals surface area contributed by atoms with Crippen LogP contribution in [0.5, 0.6) is 0 Å². The summed E-state index contributed by atoms with van der Waals surface area (Å²) in [4.78, 5) is 0. The second-order valence-corrected chi connectivity index (χ2v) is 2.19. The van der Waals surface area contributed by atoms with Gasteiger partial charge in [0.2, 0.25) is 0 Å². The molecule has 0 bridgehead atoms. The Balaban J connectivity index is 0. The van der Waals surface area contributed by atoms with Crippen LogP contribution in [0.25, 0.3) is 0 Å². The van der Waals surface area contributed by atoms with Crippen molar-refractivity contribution in [1.82, 2.24) is 0 Å². The zero-order valence-electron chi connectivity index (χ0n) is 4.21. The van der Waals surface area contributed by atoms with E-state index in [1.807, 2.05) is 0 Å². The summed E-state index contributed by atoms with van der Waals surface area (Å²) in [5, 5.41) is 1.17. The third kappa shape index (κ3) is 11.1. The summed E-state index contributed by atoms with van der Waals surface area (Å²) in [5.74, 6) is 0. The number of unbranched alkanes of at least 4 members (excludes halogenated alkanes) is 2. The maximum Gasteiger partial charge on any atom is 0.316 e. The summed E-state index contributed by atoms with van der Waals surface area (Å²) in [6, 6.07) is 0. The zero-order chi connectivity index (χ0) is 4.83. The van der Waals surface area contributed by atoms with E-state index in [1.54, 1.807) is 0 Å². The van der Waals surface area contributed by atoms with Gasteiger partial charge in [0.25, 0.3) is 0 Å². The van der Waals surface area contributed by atoms with Gasteiger partial charge in [-0.3, -0.25) is 0 Å². The molecule has 0 fully saturated rings. The van der Waals surface area contributed by atoms with Crippen LogP contribution in [-0.2, 0) is 0 Å². The Morgan fingerprint density at radius 1 is 1.29 bits per heavy atom. The van der Waals surface area contributed by atoms with Crippen LogP contribution in [-0.4, -0.2) is 28.4 Å². The highest BCUT2D eigenvalue weighted by Crippen LogP contribution is 1.95. The van der Waals surface area contributed by atoms with E-state index in [-0.39, 0.29) is 23.1 Å². The zero-order valence-corrected chi connectivity index (χ0v) is 5.79. The lowest BCUT2D eigenvalue weighted by Gasteiger charge is -1.85. The van der Waals surface area contributed by atoms with E-state index < -0.39 is 0 Å². The van der Waals surface area contributed by atoms with Crippen LogP contribution in [0, 0.1) is 0 Å². The fourth-order valence-corrected chi connectivity index (χ4v) is 0.741. The summed E-state index contributed by atoms with van der Waals surface area (Å²) in [5.41, 5.74) is 0. The monoisotopic (exact) mass is 176 g/mol. The van der Waals surface area contributed by atoms with Gasteiger partial charge >= 0.3 is 23.1 Å². The van der Waals surface area contributed by atoms with Gasteiger partial charge in [0.05, 0.1) is 0 Å². The maximum absolute atomic E-state index is 3.35. The minimum atomic E-state index is 0. The summed E-state index contributed by atoms with van der Waals surface area (Å²) >= 11 is 3.35. The summed E-state index contributed by atoms with van der Waals surface area (Å²) in [6.07, 6.45) is 4.02. The maximum atomic E-state index is 3.35. The van der Waals surface area contributed by atoms with Crippen molar-refractivity contribution < 1.29 is 0 Å². The third-order valence-corrected chi connectivity index (χ3v) is 1.30. The van der Waals surface area contributed by atoms with Crippen molar-refractivity contribution in [3.05, 3.63) is 0 Å². The highest BCUT2D eigenvalue weighted by atomic mass is 79.9. The Morgan fingerprint density at radius 2 is 1.86 bits per heavy atom. The molecule has 0 aliphatic carbocycles. The van der Waals surface area contributed by atoms with Crippen LogP contribution in [0.3, 0.4) is 0 Å². The molecule has 0 heterocycles. The molecule has 0 saturated carbocycles. The molecular formula is C5H13BrMg. The quantitative estimate of drug-likeness (QED) is 0.349. The SMILES string of the molecule is CCCCCBr.[MgH2]. The van der Waals surface area contributed by atoms with E-state index >= 15 is 0 Å². The molecule has 0 nitrogen and oxygen atoms in total. The average Bonchev–Trinajstić information content (AvgIpc) is 1.61. The number of hydrogen-bond donors (Lipinski definition) is 0. The molecule has 0 aromatic carbocycles. The molecule has 42 valence electrons. The first-order valence-corrected chi connectivity index (χ1v) is 3.60. The Morgan fingerprint density at radius 3 is 2.00 bits per heavy atom. The van der Waals surface area contributed by atoms with Gasteiger partial charge in [-0.2, -0.15) is 0 Å². The standard InChI is InChI=1S/C5H11Br.Mg.2H/c1-2-3-4-5-6;;;/h2-5H2,1H3;;;. The van der Waals surface area contributed by atoms with Gasteiger partial charge in [-0.25, -0.2) is 0 Å². The van der Waals surface area contributed by atoms with Gasteiger partial charge in [-0.1, -0.05) is 35.7 Å². The molecular weight excluding hydrogens is 164 g/mol. The summed E-state index contributed by atoms with van der Waals surface area (Å²) < 4.78 is 0. The predicted molar refractivity (Wildman–Crippen MR) is 41.9 cm³/mol. The first-order chi connectivity index (χ1) is 2.91. The van der Waals surface area contributed by atoms with Crippen molar-refractivity contribution in [3.63, 3.8) is 0 Å². The fraction of sp³-hybridized carbons (Fsp3) is 1.00. The second-order valence-electron chi connectivity index (χ2n) is 1.40. The van der Waals surface area contributed by atoms with Crippen LogP contribution >= 0.6 is 15.9 Å². The number of rotatable bonds is 3. The van der Waals surface area contributed by atoms with E-state index in [0.717, 1.165) is 0 Å². The normalized spacial score (nSPS) is 7.71. The molecule has 0 aromatic heterocycles. The van der Waals surface area contributed by atoms with Crippen molar-refractivity contribution in [2.75, 3.05) is 5.33 Å². The van der Waals surface area contributed by atoms with Gasteiger partial charge in [0.15, 0.2) is 0 Å². The van der Waals surface area contributed by atoms with E-state index in [1.165, 1.54) is 24.6 Å². The van der Waals surface area contributed by atoms with Crippen molar-refractivity contribution >= 4 is 39.0 Å². The van der Waals surface area contributed by atoms with E-state index in [4.69, 9.17) is 0 Å². The van der Waals surface area contributed by atoms with Gasteiger partial charge in [0.1, 0.15) is 0 Å². The second kappa shape index (κ2) is 10.3. The number of hydrogen-bond acceptors (Lipinski definition) is 0. The van der Waals surface area contributed by atoms with Crippen molar-refractivity contribution in [3.8, 4) is 0 Å². The van der Waals surface area contributed by atoms with Crippen molar-refractivity contribution in [2.45, 2.75) is 26.2 Å². The molecule has 0 amide bonds. The summed E-state index contributed by atoms with van der Waals surface area (Å²) in [6.45, 7) is 2.21. The van der Waals surface area contributed by atoms with Gasteiger partial charge in [-0.15, -0.1) is 0 Å². The largest absolute Gasteiger partial charge is 0.316 e. The van der Waals surface area contributed by atoms with E-state index in [9.17, 15) is 0 Å².